The summed E-state index contributed by atoms with van der Waals surface area (Å²) < 4.78 is 31.3. The molecule has 2 atom stereocenters. The number of carbonyl (C=O) groups excluding carboxylic acids is 1. The number of aromatic nitrogens is 2. The average Bonchev–Trinajstić information content (AvgIpc) is 3.38. The third-order valence-corrected chi connectivity index (χ3v) is 7.96. The lowest BCUT2D eigenvalue weighted by Gasteiger charge is -2.30. The monoisotopic (exact) mass is 443 g/mol. The Bertz CT molecular complexity index is 1180. The molecule has 2 heterocycles. The van der Waals surface area contributed by atoms with E-state index in [1.54, 1.807) is 4.68 Å². The summed E-state index contributed by atoms with van der Waals surface area (Å²) in [6.45, 7) is 7.33. The van der Waals surface area contributed by atoms with Crippen LogP contribution in [0.3, 0.4) is 0 Å². The van der Waals surface area contributed by atoms with Crippen molar-refractivity contribution < 1.29 is 13.7 Å². The van der Waals surface area contributed by atoms with Crippen molar-refractivity contribution in [1.29, 1.82) is 4.78 Å². The van der Waals surface area contributed by atoms with E-state index in [2.05, 4.69) is 42.0 Å². The largest absolute Gasteiger partial charge is 0.476 e. The highest BCUT2D eigenvalue weighted by atomic mass is 32.2. The molecule has 166 valence electrons. The maximum atomic E-state index is 13.2. The number of nitrogens with zero attached hydrogens (tertiary/aromatic N) is 2. The topological polar surface area (TPSA) is 109 Å². The molecule has 31 heavy (non-hydrogen) atoms. The lowest BCUT2D eigenvalue weighted by molar-refractivity contribution is 0.0971. The van der Waals surface area contributed by atoms with Gasteiger partial charge >= 0.3 is 6.03 Å². The molecular formula is C22H29N5O3S. The van der Waals surface area contributed by atoms with E-state index in [0.29, 0.717) is 24.9 Å². The molecule has 1 aromatic heterocycles. The minimum absolute atomic E-state index is 0.102. The van der Waals surface area contributed by atoms with Gasteiger partial charge in [-0.05, 0) is 60.3 Å². The molecule has 0 spiro atoms. The highest BCUT2D eigenvalue weighted by Crippen LogP contribution is 2.44. The number of nitrogens with one attached hydrogen (secondary N) is 3. The fraction of sp³-hybridized carbons (Fsp3) is 0.545. The van der Waals surface area contributed by atoms with Crippen LogP contribution in [0.1, 0.15) is 61.8 Å². The van der Waals surface area contributed by atoms with Crippen LogP contribution in [0.25, 0.3) is 0 Å². The molecule has 0 saturated carbocycles. The molecule has 2 amide bonds. The summed E-state index contributed by atoms with van der Waals surface area (Å²) in [6, 6.07) is 1.67. The second kappa shape index (κ2) is 6.98. The molecule has 8 nitrogen and oxygen atoms in total. The maximum absolute atomic E-state index is 13.2. The second-order valence-corrected chi connectivity index (χ2v) is 11.5. The van der Waals surface area contributed by atoms with Crippen LogP contribution in [0.2, 0.25) is 0 Å². The van der Waals surface area contributed by atoms with Crippen LogP contribution in [0.4, 0.5) is 10.5 Å². The summed E-state index contributed by atoms with van der Waals surface area (Å²) in [5, 5.41) is 7.20. The number of hydrogen-bond acceptors (Lipinski definition) is 5. The molecule has 0 radical (unpaired) electrons. The summed E-state index contributed by atoms with van der Waals surface area (Å²) in [6.07, 6.45) is 6.49. The van der Waals surface area contributed by atoms with E-state index in [1.165, 1.54) is 28.5 Å². The number of fused-ring (bicyclic) bond motifs is 3. The summed E-state index contributed by atoms with van der Waals surface area (Å²) in [7, 11) is -3.63. The Morgan fingerprint density at radius 3 is 2.94 bits per heavy atom. The zero-order valence-corrected chi connectivity index (χ0v) is 19.0. The number of rotatable bonds is 3. The number of amides is 2. The summed E-state index contributed by atoms with van der Waals surface area (Å²) in [4.78, 5) is 13.0. The fourth-order valence-electron chi connectivity index (χ4n) is 5.10. The molecule has 0 fully saturated rings. The lowest BCUT2D eigenvalue weighted by Crippen LogP contribution is -2.36. The third kappa shape index (κ3) is 3.48. The van der Waals surface area contributed by atoms with E-state index in [0.717, 1.165) is 37.8 Å². The van der Waals surface area contributed by atoms with Crippen molar-refractivity contribution in [2.24, 2.45) is 5.41 Å². The van der Waals surface area contributed by atoms with Gasteiger partial charge in [0.15, 0.2) is 9.92 Å². The first-order valence-electron chi connectivity index (χ1n) is 10.9. The minimum atomic E-state index is -3.63. The molecule has 0 bridgehead atoms. The van der Waals surface area contributed by atoms with Crippen LogP contribution in [0.15, 0.2) is 17.2 Å². The Labute approximate surface area is 182 Å². The number of anilines is 1. The summed E-state index contributed by atoms with van der Waals surface area (Å²) >= 11 is 0. The smallest absolute Gasteiger partial charge is 0.331 e. The Balaban J connectivity index is 1.41. The Morgan fingerprint density at radius 2 is 2.13 bits per heavy atom. The summed E-state index contributed by atoms with van der Waals surface area (Å²) in [5.74, 6) is 0.672. The Morgan fingerprint density at radius 1 is 1.32 bits per heavy atom. The normalized spacial score (nSPS) is 22.6. The molecule has 2 aromatic rings. The standard InChI is InChI=1S/C22H29N5O3S/c1-13-7-8-15-9-14-5-4-6-16(14)19(18(13)15)25-21(28)26-31(23,29)17-10-24-27-11-22(2,3)12-30-20(17)27/h9-10,13H,4-8,11-12H2,1-3H3,(H3,23,25,26,28,29)/t13-,31-/m0/s1. The van der Waals surface area contributed by atoms with E-state index in [9.17, 15) is 9.00 Å². The molecule has 0 unspecified atom stereocenters. The van der Waals surface area contributed by atoms with E-state index in [4.69, 9.17) is 9.52 Å². The SMILES string of the molecule is C[C@H]1CCc2cc3c(c(NC(=O)N[S@](=N)(=O)c4cnn5c4OCC(C)(C)C5)c21)CCC3. The average molecular weight is 444 g/mol. The van der Waals surface area contributed by atoms with Crippen molar-refractivity contribution in [3.63, 3.8) is 0 Å². The van der Waals surface area contributed by atoms with Gasteiger partial charge in [0.2, 0.25) is 5.88 Å². The van der Waals surface area contributed by atoms with E-state index in [1.807, 2.05) is 0 Å². The van der Waals surface area contributed by atoms with Gasteiger partial charge in [-0.2, -0.15) is 5.10 Å². The summed E-state index contributed by atoms with van der Waals surface area (Å²) in [5.41, 5.74) is 5.74. The molecule has 3 N–H and O–H groups in total. The molecule has 3 aliphatic rings. The van der Waals surface area contributed by atoms with Crippen molar-refractivity contribution in [1.82, 2.24) is 14.5 Å². The Kier molecular flexibility index (Phi) is 4.58. The highest BCUT2D eigenvalue weighted by molar-refractivity contribution is 7.91. The molecule has 9 heteroatoms. The van der Waals surface area contributed by atoms with E-state index in [-0.39, 0.29) is 10.3 Å². The van der Waals surface area contributed by atoms with E-state index >= 15 is 0 Å². The second-order valence-electron chi connectivity index (χ2n) is 9.79. The van der Waals surface area contributed by atoms with Gasteiger partial charge in [0.1, 0.15) is 4.90 Å². The quantitative estimate of drug-likeness (QED) is 0.666. The van der Waals surface area contributed by atoms with Crippen molar-refractivity contribution in [2.45, 2.75) is 70.2 Å². The predicted molar refractivity (Wildman–Crippen MR) is 118 cm³/mol. The molecule has 0 saturated heterocycles. The number of aryl methyl sites for hydroxylation is 2. The minimum Gasteiger partial charge on any atom is -0.476 e. The third-order valence-electron chi connectivity index (χ3n) is 6.59. The molecule has 2 aliphatic carbocycles. The lowest BCUT2D eigenvalue weighted by atomic mass is 9.94. The van der Waals surface area contributed by atoms with Gasteiger partial charge in [-0.15, -0.1) is 0 Å². The van der Waals surface area contributed by atoms with Gasteiger partial charge in [-0.1, -0.05) is 26.8 Å². The van der Waals surface area contributed by atoms with Gasteiger partial charge in [0.25, 0.3) is 0 Å². The van der Waals surface area contributed by atoms with Crippen LogP contribution in [-0.2, 0) is 35.7 Å². The van der Waals surface area contributed by atoms with Crippen molar-refractivity contribution in [3.8, 4) is 5.88 Å². The first-order chi connectivity index (χ1) is 14.6. The molecule has 1 aromatic carbocycles. The number of benzene rings is 1. The van der Waals surface area contributed by atoms with Crippen LogP contribution >= 0.6 is 0 Å². The zero-order valence-electron chi connectivity index (χ0n) is 18.2. The first-order valence-corrected chi connectivity index (χ1v) is 12.4. The van der Waals surface area contributed by atoms with Crippen molar-refractivity contribution >= 4 is 21.6 Å². The zero-order chi connectivity index (χ0) is 22.0. The van der Waals surface area contributed by atoms with Gasteiger partial charge in [0, 0.05) is 11.1 Å². The highest BCUT2D eigenvalue weighted by Gasteiger charge is 2.33. The fourth-order valence-corrected chi connectivity index (χ4v) is 6.13. The maximum Gasteiger partial charge on any atom is 0.331 e. The van der Waals surface area contributed by atoms with Crippen LogP contribution in [-0.4, -0.2) is 26.6 Å². The van der Waals surface area contributed by atoms with Crippen molar-refractivity contribution in [2.75, 3.05) is 11.9 Å². The number of hydrogen-bond donors (Lipinski definition) is 3. The van der Waals surface area contributed by atoms with Crippen LogP contribution in [0, 0.1) is 10.2 Å². The predicted octanol–water partition coefficient (Wildman–Crippen LogP) is 3.98. The van der Waals surface area contributed by atoms with Gasteiger partial charge in [0.05, 0.1) is 19.3 Å². The number of carbonyl (C=O) groups is 1. The Hall–Kier alpha value is -2.55. The number of ether oxygens (including phenoxy) is 1. The number of urea groups is 1. The van der Waals surface area contributed by atoms with Crippen molar-refractivity contribution in [3.05, 3.63) is 34.5 Å². The van der Waals surface area contributed by atoms with Crippen LogP contribution in [0.5, 0.6) is 5.88 Å². The molecular weight excluding hydrogens is 414 g/mol. The molecule has 5 rings (SSSR count). The van der Waals surface area contributed by atoms with Crippen LogP contribution < -0.4 is 14.8 Å². The van der Waals surface area contributed by atoms with E-state index < -0.39 is 15.9 Å². The van der Waals surface area contributed by atoms with Gasteiger partial charge in [-0.25, -0.2) is 23.2 Å². The first kappa shape index (κ1) is 20.4. The van der Waals surface area contributed by atoms with Gasteiger partial charge < -0.3 is 10.1 Å². The van der Waals surface area contributed by atoms with Gasteiger partial charge in [-0.3, -0.25) is 0 Å². The molecule has 1 aliphatic heterocycles.